The Bertz CT molecular complexity index is 1120. The smallest absolute Gasteiger partial charge is 0.251 e. The van der Waals surface area contributed by atoms with Crippen molar-refractivity contribution in [2.45, 2.75) is 45.6 Å². The summed E-state index contributed by atoms with van der Waals surface area (Å²) in [6.07, 6.45) is 3.00. The minimum absolute atomic E-state index is 0.199. The summed E-state index contributed by atoms with van der Waals surface area (Å²) in [6, 6.07) is 15.7. The highest BCUT2D eigenvalue weighted by Crippen LogP contribution is 2.26. The lowest BCUT2D eigenvalue weighted by Gasteiger charge is -2.19. The van der Waals surface area contributed by atoms with Crippen LogP contribution in [0.15, 0.2) is 48.5 Å². The van der Waals surface area contributed by atoms with E-state index in [2.05, 4.69) is 41.5 Å². The number of nitrogens with one attached hydrogen (secondary N) is 2. The molecule has 31 heavy (non-hydrogen) atoms. The highest BCUT2D eigenvalue weighted by molar-refractivity contribution is 5.95. The minimum atomic E-state index is -0.437. The van der Waals surface area contributed by atoms with Gasteiger partial charge in [0.1, 0.15) is 0 Å². The largest absolute Gasteiger partial charge is 0.349 e. The first-order chi connectivity index (χ1) is 14.9. The average molecular weight is 418 g/mol. The van der Waals surface area contributed by atoms with Gasteiger partial charge >= 0.3 is 0 Å². The predicted octanol–water partition coefficient (Wildman–Crippen LogP) is 3.85. The van der Waals surface area contributed by atoms with Gasteiger partial charge in [0, 0.05) is 22.7 Å². The number of aryl methyl sites for hydroxylation is 2. The second kappa shape index (κ2) is 8.86. The van der Waals surface area contributed by atoms with Gasteiger partial charge in [-0.3, -0.25) is 19.8 Å². The Labute approximate surface area is 181 Å². The van der Waals surface area contributed by atoms with Crippen LogP contribution in [0, 0.1) is 19.8 Å². The van der Waals surface area contributed by atoms with Gasteiger partial charge in [0.05, 0.1) is 11.4 Å². The van der Waals surface area contributed by atoms with Crippen molar-refractivity contribution in [1.29, 1.82) is 0 Å². The molecule has 6 heteroatoms. The summed E-state index contributed by atoms with van der Waals surface area (Å²) in [4.78, 5) is 29.1. The molecule has 0 spiro atoms. The van der Waals surface area contributed by atoms with E-state index in [0.717, 1.165) is 41.4 Å². The molecule has 2 amide bonds. The van der Waals surface area contributed by atoms with Crippen LogP contribution in [-0.2, 0) is 11.2 Å². The summed E-state index contributed by atoms with van der Waals surface area (Å²) in [6.45, 7) is 4.08. The van der Waals surface area contributed by atoms with Crippen LogP contribution in [-0.4, -0.2) is 28.0 Å². The van der Waals surface area contributed by atoms with E-state index in [0.29, 0.717) is 12.0 Å². The Kier molecular flexibility index (Phi) is 6.00. The maximum Gasteiger partial charge on any atom is 0.251 e. The van der Waals surface area contributed by atoms with Gasteiger partial charge in [-0.05, 0) is 74.6 Å². The Morgan fingerprint density at radius 3 is 2.58 bits per heavy atom. The number of hydrogen-bond acceptors (Lipinski definition) is 4. The summed E-state index contributed by atoms with van der Waals surface area (Å²) >= 11 is 0. The molecule has 6 nitrogen and oxygen atoms in total. The molecule has 1 aromatic heterocycles. The molecule has 0 radical (unpaired) electrons. The Morgan fingerprint density at radius 1 is 1.06 bits per heavy atom. The second-order valence-corrected chi connectivity index (χ2v) is 8.41. The molecule has 0 saturated heterocycles. The molecular formula is C25H27N3O3. The number of benzene rings is 2. The lowest BCUT2D eigenvalue weighted by molar-refractivity contribution is -0.133. The van der Waals surface area contributed by atoms with Crippen molar-refractivity contribution < 1.29 is 14.8 Å². The van der Waals surface area contributed by atoms with Crippen LogP contribution in [0.3, 0.4) is 0 Å². The zero-order chi connectivity index (χ0) is 22.0. The van der Waals surface area contributed by atoms with Crippen LogP contribution >= 0.6 is 0 Å². The molecule has 0 bridgehead atoms. The minimum Gasteiger partial charge on any atom is -0.349 e. The number of pyridine rings is 1. The lowest BCUT2D eigenvalue weighted by atomic mass is 9.98. The van der Waals surface area contributed by atoms with Crippen molar-refractivity contribution in [3.05, 3.63) is 76.5 Å². The van der Waals surface area contributed by atoms with Crippen molar-refractivity contribution in [1.82, 2.24) is 15.8 Å². The van der Waals surface area contributed by atoms with Crippen molar-refractivity contribution in [2.75, 3.05) is 0 Å². The molecule has 1 saturated carbocycles. The standard InChI is InChI=1S/C25H27N3O3/c1-15-6-11-23-21(12-15)19(13-16(2)26-23)14-17-7-9-18(10-8-17)24(29)27-22-5-3-4-20(22)25(30)28-31/h6-13,20,22,31H,3-5,14H2,1-2H3,(H,27,29)(H,28,30)/t20-,22+/m0/s1. The van der Waals surface area contributed by atoms with E-state index in [-0.39, 0.29) is 17.9 Å². The summed E-state index contributed by atoms with van der Waals surface area (Å²) in [5.74, 6) is -1.02. The summed E-state index contributed by atoms with van der Waals surface area (Å²) in [5, 5.41) is 13.0. The first-order valence-corrected chi connectivity index (χ1v) is 10.7. The molecule has 0 unspecified atom stereocenters. The fourth-order valence-corrected chi connectivity index (χ4v) is 4.48. The normalized spacial score (nSPS) is 18.2. The van der Waals surface area contributed by atoms with Gasteiger partial charge in [0.25, 0.3) is 5.91 Å². The molecular weight excluding hydrogens is 390 g/mol. The van der Waals surface area contributed by atoms with Crippen molar-refractivity contribution >= 4 is 22.7 Å². The number of aromatic nitrogens is 1. The molecule has 3 aromatic rings. The SMILES string of the molecule is Cc1ccc2nc(C)cc(Cc3ccc(C(=O)N[C@@H]4CCC[C@@H]4C(=O)NO)cc3)c2c1. The fraction of sp³-hybridized carbons (Fsp3) is 0.320. The summed E-state index contributed by atoms with van der Waals surface area (Å²) in [7, 11) is 0. The van der Waals surface area contributed by atoms with Crippen LogP contribution < -0.4 is 10.8 Å². The number of amides is 2. The molecule has 2 aromatic carbocycles. The van der Waals surface area contributed by atoms with Crippen molar-refractivity contribution in [3.63, 3.8) is 0 Å². The van der Waals surface area contributed by atoms with Crippen LogP contribution in [0.4, 0.5) is 0 Å². The fourth-order valence-electron chi connectivity index (χ4n) is 4.48. The van der Waals surface area contributed by atoms with Gasteiger partial charge in [0.15, 0.2) is 0 Å². The van der Waals surface area contributed by atoms with E-state index in [1.165, 1.54) is 11.1 Å². The van der Waals surface area contributed by atoms with E-state index in [1.807, 2.05) is 31.2 Å². The monoisotopic (exact) mass is 417 g/mol. The Balaban J connectivity index is 1.49. The van der Waals surface area contributed by atoms with Crippen LogP contribution in [0.2, 0.25) is 0 Å². The van der Waals surface area contributed by atoms with Crippen LogP contribution in [0.5, 0.6) is 0 Å². The zero-order valence-electron chi connectivity index (χ0n) is 17.8. The van der Waals surface area contributed by atoms with Gasteiger partial charge in [0.2, 0.25) is 5.91 Å². The number of carbonyl (C=O) groups excluding carboxylic acids is 2. The van der Waals surface area contributed by atoms with Crippen molar-refractivity contribution in [2.24, 2.45) is 5.92 Å². The highest BCUT2D eigenvalue weighted by atomic mass is 16.5. The average Bonchev–Trinajstić information content (AvgIpc) is 3.22. The number of fused-ring (bicyclic) bond motifs is 1. The molecule has 1 aliphatic carbocycles. The van der Waals surface area contributed by atoms with Gasteiger partial charge in [-0.2, -0.15) is 0 Å². The molecule has 0 aliphatic heterocycles. The third-order valence-electron chi connectivity index (χ3n) is 6.07. The molecule has 1 aliphatic rings. The maximum atomic E-state index is 12.7. The molecule has 160 valence electrons. The van der Waals surface area contributed by atoms with Gasteiger partial charge in [-0.1, -0.05) is 30.2 Å². The summed E-state index contributed by atoms with van der Waals surface area (Å²) in [5.41, 5.74) is 7.78. The second-order valence-electron chi connectivity index (χ2n) is 8.41. The predicted molar refractivity (Wildman–Crippen MR) is 119 cm³/mol. The molecule has 2 atom stereocenters. The number of hydrogen-bond donors (Lipinski definition) is 3. The third-order valence-corrected chi connectivity index (χ3v) is 6.07. The Morgan fingerprint density at radius 2 is 1.84 bits per heavy atom. The highest BCUT2D eigenvalue weighted by Gasteiger charge is 2.34. The first-order valence-electron chi connectivity index (χ1n) is 10.7. The zero-order valence-corrected chi connectivity index (χ0v) is 17.8. The van der Waals surface area contributed by atoms with E-state index in [4.69, 9.17) is 5.21 Å². The first kappa shape index (κ1) is 21.0. The number of carbonyl (C=O) groups is 2. The van der Waals surface area contributed by atoms with Gasteiger partial charge in [-0.25, -0.2) is 5.48 Å². The summed E-state index contributed by atoms with van der Waals surface area (Å²) < 4.78 is 0. The maximum absolute atomic E-state index is 12.7. The van der Waals surface area contributed by atoms with Crippen LogP contribution in [0.1, 0.15) is 52.0 Å². The topological polar surface area (TPSA) is 91.3 Å². The Hall–Kier alpha value is -3.25. The van der Waals surface area contributed by atoms with Gasteiger partial charge < -0.3 is 5.32 Å². The van der Waals surface area contributed by atoms with E-state index >= 15 is 0 Å². The third kappa shape index (κ3) is 4.59. The molecule has 1 heterocycles. The van der Waals surface area contributed by atoms with Gasteiger partial charge in [-0.15, -0.1) is 0 Å². The number of nitrogens with zero attached hydrogens (tertiary/aromatic N) is 1. The van der Waals surface area contributed by atoms with Crippen LogP contribution in [0.25, 0.3) is 10.9 Å². The molecule has 3 N–H and O–H groups in total. The molecule has 1 fully saturated rings. The quantitative estimate of drug-likeness (QED) is 0.434. The van der Waals surface area contributed by atoms with Crippen molar-refractivity contribution in [3.8, 4) is 0 Å². The number of rotatable bonds is 5. The lowest BCUT2D eigenvalue weighted by Crippen LogP contribution is -2.43. The molecule has 4 rings (SSSR count). The van der Waals surface area contributed by atoms with E-state index in [9.17, 15) is 9.59 Å². The van der Waals surface area contributed by atoms with E-state index < -0.39 is 5.91 Å². The van der Waals surface area contributed by atoms with E-state index in [1.54, 1.807) is 5.48 Å². The number of hydroxylamine groups is 1.